The number of carbonyl (C=O) groups excluding carboxylic acids is 1. The van der Waals surface area contributed by atoms with Crippen molar-refractivity contribution >= 4 is 21.8 Å². The summed E-state index contributed by atoms with van der Waals surface area (Å²) in [6.07, 6.45) is 10.2. The standard InChI is InChI=1S/C30H30BrFN4O2/c1-3-4-22-17-20(5-14-27(22)33-2)15-16-35-28(37)19-38-30(35)26-18-36(25-12-8-23(31)9-13-25)34-29(26)21-6-10-24(32)11-7-21/h3,5-13,17-18,27,30,33H,1,4,14-16,19H2,2H3. The maximum atomic E-state index is 13.7. The van der Waals surface area contributed by atoms with E-state index in [1.807, 2.05) is 43.6 Å². The average molecular weight is 577 g/mol. The molecule has 2 unspecified atom stereocenters. The first-order valence-electron chi connectivity index (χ1n) is 12.7. The Morgan fingerprint density at radius 2 is 1.97 bits per heavy atom. The Morgan fingerprint density at radius 3 is 2.68 bits per heavy atom. The highest BCUT2D eigenvalue weighted by Gasteiger charge is 2.36. The molecule has 38 heavy (non-hydrogen) atoms. The first kappa shape index (κ1) is 26.3. The minimum atomic E-state index is -0.586. The van der Waals surface area contributed by atoms with Gasteiger partial charge in [0.05, 0.1) is 5.69 Å². The van der Waals surface area contributed by atoms with Gasteiger partial charge in [0.25, 0.3) is 5.91 Å². The predicted octanol–water partition coefficient (Wildman–Crippen LogP) is 6.11. The molecular formula is C30H30BrFN4O2. The van der Waals surface area contributed by atoms with Gasteiger partial charge >= 0.3 is 0 Å². The van der Waals surface area contributed by atoms with Gasteiger partial charge in [-0.3, -0.25) is 4.79 Å². The minimum absolute atomic E-state index is 0.00934. The van der Waals surface area contributed by atoms with E-state index in [2.05, 4.69) is 40.0 Å². The quantitative estimate of drug-likeness (QED) is 0.312. The lowest BCUT2D eigenvalue weighted by Gasteiger charge is -2.26. The van der Waals surface area contributed by atoms with E-state index in [0.717, 1.165) is 40.5 Å². The van der Waals surface area contributed by atoms with Crippen molar-refractivity contribution in [3.63, 3.8) is 0 Å². The molecule has 8 heteroatoms. The largest absolute Gasteiger partial charge is 0.344 e. The summed E-state index contributed by atoms with van der Waals surface area (Å²) in [5.41, 5.74) is 5.54. The molecule has 2 aromatic carbocycles. The molecule has 1 saturated heterocycles. The van der Waals surface area contributed by atoms with Crippen LogP contribution in [0.1, 0.15) is 31.1 Å². The van der Waals surface area contributed by atoms with E-state index >= 15 is 0 Å². The number of benzene rings is 2. The van der Waals surface area contributed by atoms with Gasteiger partial charge in [-0.25, -0.2) is 9.07 Å². The van der Waals surface area contributed by atoms with Crippen LogP contribution in [0.3, 0.4) is 0 Å². The zero-order chi connectivity index (χ0) is 26.6. The molecule has 1 aliphatic carbocycles. The number of likely N-dealkylation sites (N-methyl/N-ethyl adjacent to an activating group) is 1. The number of carbonyl (C=O) groups is 1. The first-order chi connectivity index (χ1) is 18.5. The van der Waals surface area contributed by atoms with Crippen LogP contribution in [0.4, 0.5) is 4.39 Å². The molecule has 2 heterocycles. The summed E-state index contributed by atoms with van der Waals surface area (Å²) < 4.78 is 22.5. The summed E-state index contributed by atoms with van der Waals surface area (Å²) in [6.45, 7) is 4.42. The third-order valence-corrected chi connectivity index (χ3v) is 7.52. The highest BCUT2D eigenvalue weighted by molar-refractivity contribution is 9.10. The van der Waals surface area contributed by atoms with Crippen molar-refractivity contribution in [3.05, 3.63) is 107 Å². The molecule has 6 nitrogen and oxygen atoms in total. The van der Waals surface area contributed by atoms with Crippen LogP contribution in [-0.4, -0.2) is 46.8 Å². The molecule has 1 N–H and O–H groups in total. The number of aromatic nitrogens is 2. The van der Waals surface area contributed by atoms with E-state index < -0.39 is 6.23 Å². The van der Waals surface area contributed by atoms with Gasteiger partial charge in [0.1, 0.15) is 18.1 Å². The zero-order valence-corrected chi connectivity index (χ0v) is 22.8. The van der Waals surface area contributed by atoms with Crippen molar-refractivity contribution in [1.29, 1.82) is 0 Å². The topological polar surface area (TPSA) is 59.4 Å². The fourth-order valence-electron chi connectivity index (χ4n) is 4.99. The van der Waals surface area contributed by atoms with Gasteiger partial charge in [-0.05, 0) is 80.4 Å². The van der Waals surface area contributed by atoms with Crippen LogP contribution in [0.2, 0.25) is 0 Å². The lowest BCUT2D eigenvalue weighted by atomic mass is 9.91. The van der Waals surface area contributed by atoms with Crippen molar-refractivity contribution in [3.8, 4) is 16.9 Å². The summed E-state index contributed by atoms with van der Waals surface area (Å²) in [4.78, 5) is 14.7. The van der Waals surface area contributed by atoms with Gasteiger partial charge in [0, 0.05) is 34.4 Å². The van der Waals surface area contributed by atoms with E-state index in [0.29, 0.717) is 18.3 Å². The maximum Gasteiger partial charge on any atom is 0.250 e. The third kappa shape index (κ3) is 5.57. The van der Waals surface area contributed by atoms with Crippen LogP contribution in [0.15, 0.2) is 95.2 Å². The second-order valence-corrected chi connectivity index (χ2v) is 10.3. The van der Waals surface area contributed by atoms with Crippen molar-refractivity contribution in [2.24, 2.45) is 0 Å². The SMILES string of the molecule is C=CCC1=CC(CCN2C(=O)COC2c2cn(-c3ccc(Br)cc3)nc2-c2ccc(F)cc2)=CCC1NC. The smallest absolute Gasteiger partial charge is 0.250 e. The van der Waals surface area contributed by atoms with E-state index in [-0.39, 0.29) is 18.3 Å². The van der Waals surface area contributed by atoms with E-state index in [9.17, 15) is 9.18 Å². The van der Waals surface area contributed by atoms with Gasteiger partial charge < -0.3 is 15.0 Å². The molecule has 0 bridgehead atoms. The Kier molecular flexibility index (Phi) is 8.02. The summed E-state index contributed by atoms with van der Waals surface area (Å²) >= 11 is 3.47. The van der Waals surface area contributed by atoms with Crippen molar-refractivity contribution in [1.82, 2.24) is 20.0 Å². The fraction of sp³-hybridized carbons (Fsp3) is 0.267. The Morgan fingerprint density at radius 1 is 1.21 bits per heavy atom. The zero-order valence-electron chi connectivity index (χ0n) is 21.2. The number of hydrogen-bond donors (Lipinski definition) is 1. The highest BCUT2D eigenvalue weighted by Crippen LogP contribution is 2.36. The normalized spacial score (nSPS) is 19.4. The monoisotopic (exact) mass is 576 g/mol. The molecule has 1 aliphatic heterocycles. The van der Waals surface area contributed by atoms with Gasteiger partial charge in [-0.15, -0.1) is 6.58 Å². The Hall–Kier alpha value is -3.33. The van der Waals surface area contributed by atoms with E-state index in [1.165, 1.54) is 23.3 Å². The molecule has 3 aromatic rings. The highest BCUT2D eigenvalue weighted by atomic mass is 79.9. The second kappa shape index (κ2) is 11.6. The van der Waals surface area contributed by atoms with Crippen LogP contribution in [0.5, 0.6) is 0 Å². The molecule has 2 atom stereocenters. The number of hydrogen-bond acceptors (Lipinski definition) is 4. The van der Waals surface area contributed by atoms with Gasteiger partial charge in [-0.2, -0.15) is 5.10 Å². The first-order valence-corrected chi connectivity index (χ1v) is 13.5. The van der Waals surface area contributed by atoms with Gasteiger partial charge in [0.2, 0.25) is 0 Å². The number of nitrogens with one attached hydrogen (secondary N) is 1. The third-order valence-electron chi connectivity index (χ3n) is 6.99. The average Bonchev–Trinajstić information content (AvgIpc) is 3.52. The summed E-state index contributed by atoms with van der Waals surface area (Å²) in [5, 5.41) is 8.19. The Bertz CT molecular complexity index is 1380. The van der Waals surface area contributed by atoms with Crippen molar-refractivity contribution < 1.29 is 13.9 Å². The molecule has 1 amide bonds. The molecule has 196 valence electrons. The molecule has 0 saturated carbocycles. The number of allylic oxidation sites excluding steroid dienone is 2. The maximum absolute atomic E-state index is 13.7. The summed E-state index contributed by atoms with van der Waals surface area (Å²) in [5.74, 6) is -0.377. The summed E-state index contributed by atoms with van der Waals surface area (Å²) in [6, 6.07) is 14.3. The van der Waals surface area contributed by atoms with Crippen molar-refractivity contribution in [2.45, 2.75) is 31.5 Å². The fourth-order valence-corrected chi connectivity index (χ4v) is 5.26. The predicted molar refractivity (Wildman–Crippen MR) is 150 cm³/mol. The van der Waals surface area contributed by atoms with E-state index in [1.54, 1.807) is 21.7 Å². The lowest BCUT2D eigenvalue weighted by molar-refractivity contribution is -0.128. The number of ether oxygens (including phenoxy) is 1. The van der Waals surface area contributed by atoms with Gasteiger partial charge in [-0.1, -0.05) is 39.7 Å². The van der Waals surface area contributed by atoms with Crippen LogP contribution in [0, 0.1) is 5.82 Å². The number of amides is 1. The van der Waals surface area contributed by atoms with Crippen LogP contribution >= 0.6 is 15.9 Å². The molecule has 2 aliphatic rings. The number of nitrogens with zero attached hydrogens (tertiary/aromatic N) is 3. The van der Waals surface area contributed by atoms with Crippen LogP contribution in [0.25, 0.3) is 16.9 Å². The minimum Gasteiger partial charge on any atom is -0.344 e. The van der Waals surface area contributed by atoms with E-state index in [4.69, 9.17) is 9.84 Å². The van der Waals surface area contributed by atoms with Gasteiger partial charge in [0.15, 0.2) is 6.23 Å². The van der Waals surface area contributed by atoms with Crippen LogP contribution < -0.4 is 5.32 Å². The molecule has 0 spiro atoms. The molecule has 5 rings (SSSR count). The second-order valence-electron chi connectivity index (χ2n) is 9.43. The van der Waals surface area contributed by atoms with Crippen molar-refractivity contribution in [2.75, 3.05) is 20.2 Å². The molecule has 1 aromatic heterocycles. The Balaban J connectivity index is 1.44. The number of rotatable bonds is 9. The number of halogens is 2. The molecular weight excluding hydrogens is 547 g/mol. The molecule has 1 fully saturated rings. The lowest BCUT2D eigenvalue weighted by Crippen LogP contribution is -2.31. The molecule has 0 radical (unpaired) electrons. The Labute approximate surface area is 230 Å². The van der Waals surface area contributed by atoms with Crippen LogP contribution in [-0.2, 0) is 9.53 Å². The summed E-state index contributed by atoms with van der Waals surface area (Å²) in [7, 11) is 1.97.